The van der Waals surface area contributed by atoms with Crippen LogP contribution in [-0.2, 0) is 11.2 Å². The maximum atomic E-state index is 11.6. The molecule has 0 atom stereocenters. The van der Waals surface area contributed by atoms with Crippen molar-refractivity contribution in [2.75, 3.05) is 6.61 Å². The van der Waals surface area contributed by atoms with Gasteiger partial charge in [-0.3, -0.25) is 4.79 Å². The van der Waals surface area contributed by atoms with Crippen LogP contribution in [0.2, 0.25) is 0 Å². The average molecular weight is 302 g/mol. The second kappa shape index (κ2) is 7.59. The van der Waals surface area contributed by atoms with Crippen LogP contribution in [0.15, 0.2) is 41.5 Å². The Kier molecular flexibility index (Phi) is 5.51. The summed E-state index contributed by atoms with van der Waals surface area (Å²) >= 11 is 1.62. The molecule has 0 aliphatic carbocycles. The SMILES string of the molecule is CCc1ccc(OCC(=O)N/N=C\c2ccc(C)s2)cc1. The molecule has 2 aromatic rings. The van der Waals surface area contributed by atoms with E-state index >= 15 is 0 Å². The molecule has 0 spiro atoms. The fraction of sp³-hybridized carbons (Fsp3) is 0.250. The van der Waals surface area contributed by atoms with Gasteiger partial charge in [0, 0.05) is 9.75 Å². The van der Waals surface area contributed by atoms with Gasteiger partial charge in [-0.1, -0.05) is 19.1 Å². The van der Waals surface area contributed by atoms with Gasteiger partial charge >= 0.3 is 0 Å². The maximum Gasteiger partial charge on any atom is 0.277 e. The molecule has 1 heterocycles. The largest absolute Gasteiger partial charge is 0.484 e. The lowest BCUT2D eigenvalue weighted by Crippen LogP contribution is -2.24. The van der Waals surface area contributed by atoms with Gasteiger partial charge in [0.2, 0.25) is 0 Å². The zero-order valence-corrected chi connectivity index (χ0v) is 12.9. The van der Waals surface area contributed by atoms with Gasteiger partial charge < -0.3 is 4.74 Å². The first-order valence-electron chi connectivity index (χ1n) is 6.77. The molecule has 1 amide bonds. The maximum absolute atomic E-state index is 11.6. The second-order valence-corrected chi connectivity index (χ2v) is 5.85. The number of aryl methyl sites for hydroxylation is 2. The first-order valence-corrected chi connectivity index (χ1v) is 7.59. The molecule has 0 aliphatic rings. The molecule has 0 saturated heterocycles. The highest BCUT2D eigenvalue weighted by Gasteiger charge is 2.01. The number of carbonyl (C=O) groups is 1. The van der Waals surface area contributed by atoms with Gasteiger partial charge in [0.25, 0.3) is 5.91 Å². The number of benzene rings is 1. The Labute approximate surface area is 128 Å². The van der Waals surface area contributed by atoms with E-state index in [1.807, 2.05) is 43.3 Å². The van der Waals surface area contributed by atoms with E-state index in [0.29, 0.717) is 5.75 Å². The van der Waals surface area contributed by atoms with Crippen LogP contribution in [0, 0.1) is 6.92 Å². The Bertz CT molecular complexity index is 617. The van der Waals surface area contributed by atoms with Crippen LogP contribution in [0.5, 0.6) is 5.75 Å². The van der Waals surface area contributed by atoms with Crippen molar-refractivity contribution >= 4 is 23.5 Å². The highest BCUT2D eigenvalue weighted by molar-refractivity contribution is 7.13. The van der Waals surface area contributed by atoms with Gasteiger partial charge in [-0.2, -0.15) is 5.10 Å². The van der Waals surface area contributed by atoms with E-state index in [1.54, 1.807) is 17.6 Å². The Hall–Kier alpha value is -2.14. The molecule has 4 nitrogen and oxygen atoms in total. The summed E-state index contributed by atoms with van der Waals surface area (Å²) in [6.07, 6.45) is 2.61. The lowest BCUT2D eigenvalue weighted by molar-refractivity contribution is -0.123. The van der Waals surface area contributed by atoms with E-state index in [0.717, 1.165) is 11.3 Å². The highest BCUT2D eigenvalue weighted by Crippen LogP contribution is 2.13. The summed E-state index contributed by atoms with van der Waals surface area (Å²) in [7, 11) is 0. The number of rotatable bonds is 6. The molecule has 0 saturated carbocycles. The standard InChI is InChI=1S/C16H18N2O2S/c1-3-13-5-7-14(8-6-13)20-11-16(19)18-17-10-15-9-4-12(2)21-15/h4-10H,3,11H2,1-2H3,(H,18,19)/b17-10-. The number of hydrogen-bond donors (Lipinski definition) is 1. The number of nitrogens with zero attached hydrogens (tertiary/aromatic N) is 1. The molecule has 110 valence electrons. The summed E-state index contributed by atoms with van der Waals surface area (Å²) in [6, 6.07) is 11.7. The number of carbonyl (C=O) groups excluding carboxylic acids is 1. The van der Waals surface area contributed by atoms with Gasteiger partial charge in [0.15, 0.2) is 6.61 Å². The minimum atomic E-state index is -0.279. The lowest BCUT2D eigenvalue weighted by atomic mass is 10.2. The summed E-state index contributed by atoms with van der Waals surface area (Å²) in [5, 5.41) is 3.90. The Balaban J connectivity index is 1.75. The topological polar surface area (TPSA) is 50.7 Å². The molecule has 0 unspecified atom stereocenters. The van der Waals surface area contributed by atoms with E-state index < -0.39 is 0 Å². The first-order chi connectivity index (χ1) is 10.2. The van der Waals surface area contributed by atoms with Crippen LogP contribution in [-0.4, -0.2) is 18.7 Å². The van der Waals surface area contributed by atoms with Crippen molar-refractivity contribution in [1.82, 2.24) is 5.43 Å². The molecule has 1 N–H and O–H groups in total. The van der Waals surface area contributed by atoms with Crippen LogP contribution in [0.4, 0.5) is 0 Å². The van der Waals surface area contributed by atoms with E-state index in [-0.39, 0.29) is 12.5 Å². The molecular weight excluding hydrogens is 284 g/mol. The predicted molar refractivity (Wildman–Crippen MR) is 86.1 cm³/mol. The molecule has 21 heavy (non-hydrogen) atoms. The van der Waals surface area contributed by atoms with Gasteiger partial charge in [-0.15, -0.1) is 11.3 Å². The van der Waals surface area contributed by atoms with Crippen molar-refractivity contribution in [3.05, 3.63) is 51.7 Å². The normalized spacial score (nSPS) is 10.8. The highest BCUT2D eigenvalue weighted by atomic mass is 32.1. The lowest BCUT2D eigenvalue weighted by Gasteiger charge is -2.05. The Morgan fingerprint density at radius 2 is 2.05 bits per heavy atom. The summed E-state index contributed by atoms with van der Waals surface area (Å²) < 4.78 is 5.39. The minimum absolute atomic E-state index is 0.0493. The molecule has 1 aromatic heterocycles. The van der Waals surface area contributed by atoms with Crippen molar-refractivity contribution < 1.29 is 9.53 Å². The van der Waals surface area contributed by atoms with E-state index in [1.165, 1.54) is 10.4 Å². The van der Waals surface area contributed by atoms with Crippen LogP contribution in [0.25, 0.3) is 0 Å². The van der Waals surface area contributed by atoms with E-state index in [9.17, 15) is 4.79 Å². The Morgan fingerprint density at radius 1 is 1.29 bits per heavy atom. The third-order valence-electron chi connectivity index (χ3n) is 2.84. The fourth-order valence-electron chi connectivity index (χ4n) is 1.69. The average Bonchev–Trinajstić information content (AvgIpc) is 2.91. The van der Waals surface area contributed by atoms with Gasteiger partial charge in [0.05, 0.1) is 6.21 Å². The quantitative estimate of drug-likeness (QED) is 0.658. The number of thiophene rings is 1. The molecule has 5 heteroatoms. The van der Waals surface area contributed by atoms with Crippen molar-refractivity contribution in [3.63, 3.8) is 0 Å². The van der Waals surface area contributed by atoms with Gasteiger partial charge in [-0.25, -0.2) is 5.43 Å². The molecule has 0 bridgehead atoms. The van der Waals surface area contributed by atoms with Crippen molar-refractivity contribution in [2.24, 2.45) is 5.10 Å². The van der Waals surface area contributed by atoms with Gasteiger partial charge in [0.1, 0.15) is 5.75 Å². The zero-order valence-electron chi connectivity index (χ0n) is 12.1. The fourth-order valence-corrected chi connectivity index (χ4v) is 2.44. The number of hydrazone groups is 1. The van der Waals surface area contributed by atoms with Crippen molar-refractivity contribution in [1.29, 1.82) is 0 Å². The van der Waals surface area contributed by atoms with Crippen LogP contribution >= 0.6 is 11.3 Å². The van der Waals surface area contributed by atoms with Crippen molar-refractivity contribution in [3.8, 4) is 5.75 Å². The molecule has 0 radical (unpaired) electrons. The first kappa shape index (κ1) is 15.3. The van der Waals surface area contributed by atoms with Crippen LogP contribution in [0.1, 0.15) is 22.2 Å². The summed E-state index contributed by atoms with van der Waals surface area (Å²) in [5.41, 5.74) is 3.68. The minimum Gasteiger partial charge on any atom is -0.484 e. The third-order valence-corrected chi connectivity index (χ3v) is 3.78. The third kappa shape index (κ3) is 5.04. The van der Waals surface area contributed by atoms with Crippen LogP contribution in [0.3, 0.4) is 0 Å². The van der Waals surface area contributed by atoms with Crippen LogP contribution < -0.4 is 10.2 Å². The number of ether oxygens (including phenoxy) is 1. The van der Waals surface area contributed by atoms with Gasteiger partial charge in [-0.05, 0) is 43.2 Å². The summed E-state index contributed by atoms with van der Waals surface area (Å²) in [4.78, 5) is 13.8. The molecule has 1 aromatic carbocycles. The van der Waals surface area contributed by atoms with Crippen molar-refractivity contribution in [2.45, 2.75) is 20.3 Å². The van der Waals surface area contributed by atoms with E-state index in [2.05, 4.69) is 17.5 Å². The smallest absolute Gasteiger partial charge is 0.277 e. The zero-order chi connectivity index (χ0) is 15.1. The number of hydrogen-bond acceptors (Lipinski definition) is 4. The molecule has 0 aliphatic heterocycles. The predicted octanol–water partition coefficient (Wildman–Crippen LogP) is 3.15. The monoisotopic (exact) mass is 302 g/mol. The molecule has 0 fully saturated rings. The Morgan fingerprint density at radius 3 is 2.67 bits per heavy atom. The number of amides is 1. The number of nitrogens with one attached hydrogen (secondary N) is 1. The second-order valence-electron chi connectivity index (χ2n) is 4.53. The molecule has 2 rings (SSSR count). The molecular formula is C16H18N2O2S. The van der Waals surface area contributed by atoms with E-state index in [4.69, 9.17) is 4.74 Å². The summed E-state index contributed by atoms with van der Waals surface area (Å²) in [5.74, 6) is 0.402. The summed E-state index contributed by atoms with van der Waals surface area (Å²) in [6.45, 7) is 4.07.